The first-order valence-electron chi connectivity index (χ1n) is 5.44. The summed E-state index contributed by atoms with van der Waals surface area (Å²) < 4.78 is 0. The van der Waals surface area contributed by atoms with Gasteiger partial charge in [-0.25, -0.2) is 0 Å². The zero-order chi connectivity index (χ0) is 10.4. The minimum absolute atomic E-state index is 0.0226. The Kier molecular flexibility index (Phi) is 4.90. The number of carbonyl (C=O) groups excluding carboxylic acids is 1. The van der Waals surface area contributed by atoms with Crippen molar-refractivity contribution < 1.29 is 4.79 Å². The van der Waals surface area contributed by atoms with E-state index in [-0.39, 0.29) is 11.9 Å². The van der Waals surface area contributed by atoms with Crippen molar-refractivity contribution in [3.8, 4) is 0 Å². The van der Waals surface area contributed by atoms with Crippen LogP contribution in [-0.2, 0) is 4.79 Å². The second kappa shape index (κ2) is 5.98. The van der Waals surface area contributed by atoms with Crippen LogP contribution in [-0.4, -0.2) is 50.1 Å². The Morgan fingerprint density at radius 1 is 1.50 bits per heavy atom. The molecule has 4 nitrogen and oxygen atoms in total. The van der Waals surface area contributed by atoms with Crippen LogP contribution < -0.4 is 10.6 Å². The van der Waals surface area contributed by atoms with E-state index in [0.717, 1.165) is 39.0 Å². The molecule has 2 N–H and O–H groups in total. The molecule has 1 aliphatic rings. The zero-order valence-corrected chi connectivity index (χ0v) is 9.18. The van der Waals surface area contributed by atoms with Crippen molar-refractivity contribution in [3.63, 3.8) is 0 Å². The van der Waals surface area contributed by atoms with Crippen molar-refractivity contribution in [1.82, 2.24) is 15.5 Å². The molecule has 0 aromatic carbocycles. The van der Waals surface area contributed by atoms with Gasteiger partial charge in [-0.1, -0.05) is 13.3 Å². The molecule has 0 radical (unpaired) electrons. The molecule has 1 amide bonds. The molecule has 1 saturated heterocycles. The number of carbonyl (C=O) groups is 1. The molecule has 14 heavy (non-hydrogen) atoms. The van der Waals surface area contributed by atoms with Crippen LogP contribution in [0.15, 0.2) is 0 Å². The number of unbranched alkanes of at least 4 members (excludes halogenated alkanes) is 1. The van der Waals surface area contributed by atoms with Gasteiger partial charge in [0.2, 0.25) is 5.91 Å². The maximum Gasteiger partial charge on any atom is 0.240 e. The molecule has 1 rings (SSSR count). The summed E-state index contributed by atoms with van der Waals surface area (Å²) in [6.45, 7) is 5.61. The van der Waals surface area contributed by atoms with E-state index in [0.29, 0.717) is 0 Å². The Morgan fingerprint density at radius 2 is 2.29 bits per heavy atom. The molecule has 4 heteroatoms. The SMILES string of the molecule is CCCCN(C)C(=O)C1CNCCN1. The number of rotatable bonds is 4. The molecular weight excluding hydrogens is 178 g/mol. The van der Waals surface area contributed by atoms with Gasteiger partial charge in [0.25, 0.3) is 0 Å². The van der Waals surface area contributed by atoms with E-state index in [9.17, 15) is 4.79 Å². The molecule has 0 spiro atoms. The van der Waals surface area contributed by atoms with E-state index in [4.69, 9.17) is 0 Å². The lowest BCUT2D eigenvalue weighted by Crippen LogP contribution is -2.56. The van der Waals surface area contributed by atoms with Gasteiger partial charge in [-0.05, 0) is 6.42 Å². The van der Waals surface area contributed by atoms with Crippen LogP contribution in [0.5, 0.6) is 0 Å². The fraction of sp³-hybridized carbons (Fsp3) is 0.900. The predicted octanol–water partition coefficient (Wildman–Crippen LogP) is -0.194. The number of hydrogen-bond acceptors (Lipinski definition) is 3. The average Bonchev–Trinajstić information content (AvgIpc) is 2.26. The van der Waals surface area contributed by atoms with Gasteiger partial charge in [0, 0.05) is 33.2 Å². The van der Waals surface area contributed by atoms with Gasteiger partial charge < -0.3 is 15.5 Å². The molecule has 0 bridgehead atoms. The van der Waals surface area contributed by atoms with E-state index in [1.54, 1.807) is 0 Å². The van der Waals surface area contributed by atoms with Crippen LogP contribution in [0.25, 0.3) is 0 Å². The normalized spacial score (nSPS) is 22.0. The molecule has 0 aromatic rings. The Hall–Kier alpha value is -0.610. The van der Waals surface area contributed by atoms with Crippen LogP contribution in [0.3, 0.4) is 0 Å². The van der Waals surface area contributed by atoms with Crippen molar-refractivity contribution >= 4 is 5.91 Å². The van der Waals surface area contributed by atoms with Gasteiger partial charge in [0.1, 0.15) is 0 Å². The molecule has 0 saturated carbocycles. The van der Waals surface area contributed by atoms with Crippen molar-refractivity contribution in [3.05, 3.63) is 0 Å². The van der Waals surface area contributed by atoms with Gasteiger partial charge in [0.05, 0.1) is 6.04 Å². The monoisotopic (exact) mass is 199 g/mol. The van der Waals surface area contributed by atoms with Crippen molar-refractivity contribution in [1.29, 1.82) is 0 Å². The van der Waals surface area contributed by atoms with Crippen LogP contribution in [0.2, 0.25) is 0 Å². The molecular formula is C10H21N3O. The Balaban J connectivity index is 2.30. The molecule has 1 unspecified atom stereocenters. The molecule has 0 aliphatic carbocycles. The third-order valence-corrected chi connectivity index (χ3v) is 2.56. The van der Waals surface area contributed by atoms with E-state index in [1.807, 2.05) is 11.9 Å². The zero-order valence-electron chi connectivity index (χ0n) is 9.18. The van der Waals surface area contributed by atoms with Crippen molar-refractivity contribution in [2.24, 2.45) is 0 Å². The summed E-state index contributed by atoms with van der Waals surface area (Å²) in [7, 11) is 1.88. The number of amides is 1. The maximum absolute atomic E-state index is 11.8. The summed E-state index contributed by atoms with van der Waals surface area (Å²) in [4.78, 5) is 13.7. The van der Waals surface area contributed by atoms with E-state index >= 15 is 0 Å². The van der Waals surface area contributed by atoms with Gasteiger partial charge in [-0.2, -0.15) is 0 Å². The maximum atomic E-state index is 11.8. The van der Waals surface area contributed by atoms with Crippen LogP contribution >= 0.6 is 0 Å². The third-order valence-electron chi connectivity index (χ3n) is 2.56. The summed E-state index contributed by atoms with van der Waals surface area (Å²) in [5.74, 6) is 0.214. The highest BCUT2D eigenvalue weighted by molar-refractivity contribution is 5.82. The smallest absolute Gasteiger partial charge is 0.240 e. The number of piperazine rings is 1. The standard InChI is InChI=1S/C10H21N3O/c1-3-4-7-13(2)10(14)9-8-11-5-6-12-9/h9,11-12H,3-8H2,1-2H3. The quantitative estimate of drug-likeness (QED) is 0.659. The minimum Gasteiger partial charge on any atom is -0.344 e. The minimum atomic E-state index is -0.0226. The first-order chi connectivity index (χ1) is 6.75. The van der Waals surface area contributed by atoms with Gasteiger partial charge >= 0.3 is 0 Å². The number of nitrogens with zero attached hydrogens (tertiary/aromatic N) is 1. The highest BCUT2D eigenvalue weighted by Crippen LogP contribution is 1.97. The van der Waals surface area contributed by atoms with Crippen LogP contribution in [0, 0.1) is 0 Å². The molecule has 1 atom stereocenters. The Morgan fingerprint density at radius 3 is 2.86 bits per heavy atom. The third kappa shape index (κ3) is 3.27. The summed E-state index contributed by atoms with van der Waals surface area (Å²) in [6, 6.07) is -0.0226. The lowest BCUT2D eigenvalue weighted by atomic mass is 10.2. The summed E-state index contributed by atoms with van der Waals surface area (Å²) in [6.07, 6.45) is 2.22. The second-order valence-corrected chi connectivity index (χ2v) is 3.82. The lowest BCUT2D eigenvalue weighted by molar-refractivity contribution is -0.132. The van der Waals surface area contributed by atoms with Gasteiger partial charge in [-0.3, -0.25) is 4.79 Å². The highest BCUT2D eigenvalue weighted by atomic mass is 16.2. The largest absolute Gasteiger partial charge is 0.344 e. The van der Waals surface area contributed by atoms with Gasteiger partial charge in [-0.15, -0.1) is 0 Å². The van der Waals surface area contributed by atoms with Crippen LogP contribution in [0.4, 0.5) is 0 Å². The molecule has 1 heterocycles. The predicted molar refractivity (Wildman–Crippen MR) is 57.2 cm³/mol. The summed E-state index contributed by atoms with van der Waals surface area (Å²) in [5.41, 5.74) is 0. The van der Waals surface area contributed by atoms with Crippen molar-refractivity contribution in [2.75, 3.05) is 33.2 Å². The molecule has 0 aromatic heterocycles. The number of hydrogen-bond donors (Lipinski definition) is 2. The molecule has 1 aliphatic heterocycles. The van der Waals surface area contributed by atoms with Crippen molar-refractivity contribution in [2.45, 2.75) is 25.8 Å². The lowest BCUT2D eigenvalue weighted by Gasteiger charge is -2.28. The Labute approximate surface area is 86.0 Å². The summed E-state index contributed by atoms with van der Waals surface area (Å²) in [5, 5.41) is 6.44. The average molecular weight is 199 g/mol. The Bertz CT molecular complexity index is 178. The van der Waals surface area contributed by atoms with Gasteiger partial charge in [0.15, 0.2) is 0 Å². The molecule has 82 valence electrons. The van der Waals surface area contributed by atoms with Crippen LogP contribution in [0.1, 0.15) is 19.8 Å². The fourth-order valence-electron chi connectivity index (χ4n) is 1.60. The highest BCUT2D eigenvalue weighted by Gasteiger charge is 2.22. The number of nitrogens with one attached hydrogen (secondary N) is 2. The summed E-state index contributed by atoms with van der Waals surface area (Å²) >= 11 is 0. The fourth-order valence-corrected chi connectivity index (χ4v) is 1.60. The van der Waals surface area contributed by atoms with E-state index < -0.39 is 0 Å². The van der Waals surface area contributed by atoms with E-state index in [1.165, 1.54) is 0 Å². The number of likely N-dealkylation sites (N-methyl/N-ethyl adjacent to an activating group) is 1. The van der Waals surface area contributed by atoms with E-state index in [2.05, 4.69) is 17.6 Å². The first kappa shape index (κ1) is 11.5. The topological polar surface area (TPSA) is 44.4 Å². The second-order valence-electron chi connectivity index (χ2n) is 3.82. The molecule has 1 fully saturated rings. The first-order valence-corrected chi connectivity index (χ1v) is 5.44.